The van der Waals surface area contributed by atoms with E-state index >= 15 is 0 Å². The van der Waals surface area contributed by atoms with Crippen LogP contribution in [0.3, 0.4) is 0 Å². The molecule has 0 saturated heterocycles. The van der Waals surface area contributed by atoms with E-state index in [0.29, 0.717) is 13.0 Å². The fourth-order valence-corrected chi connectivity index (χ4v) is 3.16. The molecule has 2 atom stereocenters. The van der Waals surface area contributed by atoms with Crippen LogP contribution in [0, 0.1) is 11.8 Å². The number of hydrogen-bond acceptors (Lipinski definition) is 2. The quantitative estimate of drug-likeness (QED) is 0.860. The molecule has 2 amide bonds. The van der Waals surface area contributed by atoms with Gasteiger partial charge in [-0.15, -0.1) is 0 Å². The van der Waals surface area contributed by atoms with E-state index in [1.807, 2.05) is 54.6 Å². The Morgan fingerprint density at radius 1 is 0.923 bits per heavy atom. The number of carbonyl (C=O) groups excluding carboxylic acids is 2. The van der Waals surface area contributed by atoms with E-state index in [9.17, 15) is 9.59 Å². The zero-order valence-electron chi connectivity index (χ0n) is 15.6. The third-order valence-corrected chi connectivity index (χ3v) is 4.77. The molecule has 0 heterocycles. The predicted octanol–water partition coefficient (Wildman–Crippen LogP) is 3.88. The summed E-state index contributed by atoms with van der Waals surface area (Å²) in [6, 6.07) is 17.6. The molecule has 0 spiro atoms. The van der Waals surface area contributed by atoms with E-state index in [1.165, 1.54) is 0 Å². The molecule has 4 nitrogen and oxygen atoms in total. The molecule has 1 aliphatic carbocycles. The van der Waals surface area contributed by atoms with Gasteiger partial charge in [-0.3, -0.25) is 9.59 Å². The predicted molar refractivity (Wildman–Crippen MR) is 104 cm³/mol. The van der Waals surface area contributed by atoms with Crippen molar-refractivity contribution in [2.24, 2.45) is 11.8 Å². The van der Waals surface area contributed by atoms with E-state index in [1.54, 1.807) is 0 Å². The van der Waals surface area contributed by atoms with E-state index in [0.717, 1.165) is 16.8 Å². The molecule has 136 valence electrons. The molecule has 2 aromatic rings. The van der Waals surface area contributed by atoms with Gasteiger partial charge < -0.3 is 10.6 Å². The Kier molecular flexibility index (Phi) is 5.12. The molecule has 2 N–H and O–H groups in total. The zero-order chi connectivity index (χ0) is 18.7. The molecular weight excluding hydrogens is 324 g/mol. The number of nitrogens with one attached hydrogen (secondary N) is 2. The highest BCUT2D eigenvalue weighted by Crippen LogP contribution is 2.40. The Morgan fingerprint density at radius 2 is 1.54 bits per heavy atom. The summed E-state index contributed by atoms with van der Waals surface area (Å²) in [5, 5.41) is 5.95. The van der Waals surface area contributed by atoms with E-state index in [2.05, 4.69) is 31.4 Å². The van der Waals surface area contributed by atoms with Crippen molar-refractivity contribution >= 4 is 17.5 Å². The second-order valence-electron chi connectivity index (χ2n) is 7.94. The summed E-state index contributed by atoms with van der Waals surface area (Å²) >= 11 is 0. The molecule has 1 fully saturated rings. The van der Waals surface area contributed by atoms with Gasteiger partial charge in [-0.25, -0.2) is 0 Å². The fourth-order valence-electron chi connectivity index (χ4n) is 3.16. The number of benzene rings is 2. The second-order valence-corrected chi connectivity index (χ2v) is 7.94. The summed E-state index contributed by atoms with van der Waals surface area (Å²) in [7, 11) is 0. The Labute approximate surface area is 155 Å². The number of hydrogen-bond donors (Lipinski definition) is 2. The summed E-state index contributed by atoms with van der Waals surface area (Å²) in [5.41, 5.74) is 2.93. The summed E-state index contributed by atoms with van der Waals surface area (Å²) in [5.74, 6) is -0.570. The van der Waals surface area contributed by atoms with Crippen molar-refractivity contribution in [2.75, 3.05) is 5.32 Å². The van der Waals surface area contributed by atoms with Crippen molar-refractivity contribution in [2.45, 2.75) is 39.2 Å². The molecule has 2 aromatic carbocycles. The second kappa shape index (κ2) is 7.32. The largest absolute Gasteiger partial charge is 0.352 e. The highest BCUT2D eigenvalue weighted by molar-refractivity contribution is 6.00. The SMILES string of the molecule is CC(C)(C)c1ccccc1NC(=O)C1CC1C(=O)NCc1ccccc1. The van der Waals surface area contributed by atoms with Crippen molar-refractivity contribution in [3.8, 4) is 0 Å². The lowest BCUT2D eigenvalue weighted by atomic mass is 9.86. The maximum atomic E-state index is 12.6. The number of carbonyl (C=O) groups is 2. The number of amides is 2. The Bertz CT molecular complexity index is 793. The first-order valence-electron chi connectivity index (χ1n) is 9.08. The van der Waals surface area contributed by atoms with Crippen LogP contribution in [0.4, 0.5) is 5.69 Å². The summed E-state index contributed by atoms with van der Waals surface area (Å²) in [6.07, 6.45) is 0.615. The summed E-state index contributed by atoms with van der Waals surface area (Å²) < 4.78 is 0. The molecule has 0 aromatic heterocycles. The third-order valence-electron chi connectivity index (χ3n) is 4.77. The molecule has 1 aliphatic rings. The van der Waals surface area contributed by atoms with Gasteiger partial charge in [0, 0.05) is 12.2 Å². The van der Waals surface area contributed by atoms with Gasteiger partial charge in [0.1, 0.15) is 0 Å². The average molecular weight is 350 g/mol. The zero-order valence-corrected chi connectivity index (χ0v) is 15.6. The minimum absolute atomic E-state index is 0.0434. The Morgan fingerprint density at radius 3 is 2.23 bits per heavy atom. The number of anilines is 1. The number of para-hydroxylation sites is 1. The molecule has 0 bridgehead atoms. The average Bonchev–Trinajstić information content (AvgIpc) is 3.41. The van der Waals surface area contributed by atoms with Gasteiger partial charge in [0.25, 0.3) is 0 Å². The van der Waals surface area contributed by atoms with Gasteiger partial charge in [0.2, 0.25) is 11.8 Å². The molecule has 2 unspecified atom stereocenters. The fraction of sp³-hybridized carbons (Fsp3) is 0.364. The normalized spacial score (nSPS) is 18.9. The first-order valence-corrected chi connectivity index (χ1v) is 9.08. The topological polar surface area (TPSA) is 58.2 Å². The van der Waals surface area contributed by atoms with Gasteiger partial charge in [0.15, 0.2) is 0 Å². The molecule has 0 radical (unpaired) electrons. The lowest BCUT2D eigenvalue weighted by Gasteiger charge is -2.23. The first-order chi connectivity index (χ1) is 12.4. The van der Waals surface area contributed by atoms with Crippen molar-refractivity contribution in [1.29, 1.82) is 0 Å². The first kappa shape index (κ1) is 18.2. The molecule has 0 aliphatic heterocycles. The maximum absolute atomic E-state index is 12.6. The third kappa shape index (κ3) is 4.31. The van der Waals surface area contributed by atoms with Gasteiger partial charge in [0.05, 0.1) is 11.8 Å². The molecular formula is C22H26N2O2. The monoisotopic (exact) mass is 350 g/mol. The van der Waals surface area contributed by atoms with E-state index in [-0.39, 0.29) is 29.1 Å². The van der Waals surface area contributed by atoms with Crippen molar-refractivity contribution in [1.82, 2.24) is 5.32 Å². The highest BCUT2D eigenvalue weighted by Gasteiger charge is 2.48. The van der Waals surface area contributed by atoms with Crippen LogP contribution in [-0.2, 0) is 21.5 Å². The van der Waals surface area contributed by atoms with Crippen LogP contribution in [0.5, 0.6) is 0 Å². The van der Waals surface area contributed by atoms with Crippen LogP contribution in [0.2, 0.25) is 0 Å². The summed E-state index contributed by atoms with van der Waals surface area (Å²) in [4.78, 5) is 24.8. The van der Waals surface area contributed by atoms with Crippen LogP contribution in [0.15, 0.2) is 54.6 Å². The minimum Gasteiger partial charge on any atom is -0.352 e. The maximum Gasteiger partial charge on any atom is 0.228 e. The van der Waals surface area contributed by atoms with Gasteiger partial charge in [-0.2, -0.15) is 0 Å². The van der Waals surface area contributed by atoms with E-state index in [4.69, 9.17) is 0 Å². The van der Waals surface area contributed by atoms with Gasteiger partial charge in [-0.05, 0) is 29.0 Å². The van der Waals surface area contributed by atoms with Crippen LogP contribution in [0.1, 0.15) is 38.3 Å². The lowest BCUT2D eigenvalue weighted by molar-refractivity contribution is -0.125. The van der Waals surface area contributed by atoms with Gasteiger partial charge >= 0.3 is 0 Å². The van der Waals surface area contributed by atoms with Crippen molar-refractivity contribution in [3.05, 3.63) is 65.7 Å². The summed E-state index contributed by atoms with van der Waals surface area (Å²) in [6.45, 7) is 6.86. The van der Waals surface area contributed by atoms with Crippen LogP contribution < -0.4 is 10.6 Å². The Hall–Kier alpha value is -2.62. The molecule has 1 saturated carbocycles. The van der Waals surface area contributed by atoms with Crippen LogP contribution >= 0.6 is 0 Å². The highest BCUT2D eigenvalue weighted by atomic mass is 16.2. The van der Waals surface area contributed by atoms with E-state index < -0.39 is 0 Å². The standard InChI is InChI=1S/C22H26N2O2/c1-22(2,3)18-11-7-8-12-19(18)24-21(26)17-13-16(17)20(25)23-14-15-9-5-4-6-10-15/h4-12,16-17H,13-14H2,1-3H3,(H,23,25)(H,24,26). The number of rotatable bonds is 5. The molecule has 3 rings (SSSR count). The van der Waals surface area contributed by atoms with Crippen molar-refractivity contribution < 1.29 is 9.59 Å². The van der Waals surface area contributed by atoms with Gasteiger partial charge in [-0.1, -0.05) is 69.3 Å². The minimum atomic E-state index is -0.237. The van der Waals surface area contributed by atoms with Crippen molar-refractivity contribution in [3.63, 3.8) is 0 Å². The smallest absolute Gasteiger partial charge is 0.228 e. The van der Waals surface area contributed by atoms with Crippen LogP contribution in [-0.4, -0.2) is 11.8 Å². The lowest BCUT2D eigenvalue weighted by Crippen LogP contribution is -2.27. The van der Waals surface area contributed by atoms with Crippen LogP contribution in [0.25, 0.3) is 0 Å². The molecule has 4 heteroatoms. The molecule has 26 heavy (non-hydrogen) atoms. The Balaban J connectivity index is 1.56.